The maximum atomic E-state index is 12.2. The van der Waals surface area contributed by atoms with Crippen molar-refractivity contribution < 1.29 is 13.2 Å². The van der Waals surface area contributed by atoms with Gasteiger partial charge < -0.3 is 5.32 Å². The molecule has 0 spiro atoms. The van der Waals surface area contributed by atoms with Gasteiger partial charge in [0.1, 0.15) is 0 Å². The third-order valence-corrected chi connectivity index (χ3v) is 5.34. The van der Waals surface area contributed by atoms with Gasteiger partial charge >= 0.3 is 0 Å². The normalized spacial score (nSPS) is 13.2. The molecular formula is C15H24N2O3S. The Labute approximate surface area is 127 Å². The van der Waals surface area contributed by atoms with Crippen molar-refractivity contribution in [3.63, 3.8) is 0 Å². The van der Waals surface area contributed by atoms with E-state index >= 15 is 0 Å². The quantitative estimate of drug-likeness (QED) is 0.878. The van der Waals surface area contributed by atoms with Crippen molar-refractivity contribution in [3.05, 3.63) is 23.8 Å². The molecule has 1 aromatic rings. The number of hydrogen-bond donors (Lipinski definition) is 1. The van der Waals surface area contributed by atoms with Gasteiger partial charge in [0.2, 0.25) is 15.9 Å². The summed E-state index contributed by atoms with van der Waals surface area (Å²) in [4.78, 5) is 12.2. The molecule has 1 N–H and O–H groups in total. The maximum absolute atomic E-state index is 12.2. The third-order valence-electron chi connectivity index (χ3n) is 3.38. The number of sulfonamides is 1. The van der Waals surface area contributed by atoms with Crippen LogP contribution in [0.4, 0.5) is 5.69 Å². The number of aryl methyl sites for hydroxylation is 1. The van der Waals surface area contributed by atoms with Crippen LogP contribution in [-0.2, 0) is 14.8 Å². The van der Waals surface area contributed by atoms with Crippen molar-refractivity contribution in [2.24, 2.45) is 5.92 Å². The Morgan fingerprint density at radius 2 is 1.95 bits per heavy atom. The monoisotopic (exact) mass is 312 g/mol. The van der Waals surface area contributed by atoms with Gasteiger partial charge in [0.05, 0.1) is 4.90 Å². The van der Waals surface area contributed by atoms with Crippen LogP contribution >= 0.6 is 0 Å². The highest BCUT2D eigenvalue weighted by Crippen LogP contribution is 2.23. The first-order valence-electron chi connectivity index (χ1n) is 7.04. The first-order chi connectivity index (χ1) is 9.70. The number of benzene rings is 1. The lowest BCUT2D eigenvalue weighted by atomic mass is 10.1. The van der Waals surface area contributed by atoms with E-state index in [-0.39, 0.29) is 16.7 Å². The van der Waals surface area contributed by atoms with E-state index < -0.39 is 10.0 Å². The highest BCUT2D eigenvalue weighted by atomic mass is 32.2. The summed E-state index contributed by atoms with van der Waals surface area (Å²) in [5.41, 5.74) is 1.16. The van der Waals surface area contributed by atoms with E-state index in [9.17, 15) is 13.2 Å². The SMILES string of the molecule is CCCC(C)C(=O)Nc1ccc(C)c(S(=O)(=O)N(C)C)c1. The molecule has 6 heteroatoms. The Morgan fingerprint density at radius 3 is 2.48 bits per heavy atom. The summed E-state index contributed by atoms with van der Waals surface area (Å²) < 4.78 is 25.6. The average Bonchev–Trinajstić information content (AvgIpc) is 2.40. The van der Waals surface area contributed by atoms with Crippen LogP contribution in [0.2, 0.25) is 0 Å². The number of carbonyl (C=O) groups excluding carboxylic acids is 1. The summed E-state index contributed by atoms with van der Waals surface area (Å²) in [6, 6.07) is 4.94. The van der Waals surface area contributed by atoms with Gasteiger partial charge in [-0.1, -0.05) is 26.3 Å². The Kier molecular flexibility index (Phi) is 5.92. The van der Waals surface area contributed by atoms with E-state index in [0.29, 0.717) is 11.3 Å². The predicted octanol–water partition coefficient (Wildman–Crippen LogP) is 2.62. The molecule has 0 bridgehead atoms. The molecule has 0 saturated carbocycles. The highest BCUT2D eigenvalue weighted by molar-refractivity contribution is 7.89. The lowest BCUT2D eigenvalue weighted by Gasteiger charge is -2.16. The molecule has 0 aliphatic carbocycles. The summed E-state index contributed by atoms with van der Waals surface area (Å²) in [5, 5.41) is 2.78. The Hall–Kier alpha value is -1.40. The number of nitrogens with one attached hydrogen (secondary N) is 1. The van der Waals surface area contributed by atoms with E-state index in [0.717, 1.165) is 12.8 Å². The molecule has 0 saturated heterocycles. The zero-order valence-electron chi connectivity index (χ0n) is 13.3. The third kappa shape index (κ3) is 4.28. The molecule has 1 unspecified atom stereocenters. The Balaban J connectivity index is 3.06. The van der Waals surface area contributed by atoms with Crippen molar-refractivity contribution >= 4 is 21.6 Å². The second-order valence-electron chi connectivity index (χ2n) is 5.45. The van der Waals surface area contributed by atoms with Crippen molar-refractivity contribution in [3.8, 4) is 0 Å². The molecule has 118 valence electrons. The van der Waals surface area contributed by atoms with Gasteiger partial charge in [-0.2, -0.15) is 0 Å². The van der Waals surface area contributed by atoms with Crippen LogP contribution in [0.3, 0.4) is 0 Å². The van der Waals surface area contributed by atoms with Crippen molar-refractivity contribution in [1.29, 1.82) is 0 Å². The molecule has 0 fully saturated rings. The molecule has 0 radical (unpaired) electrons. The van der Waals surface area contributed by atoms with Crippen LogP contribution in [0, 0.1) is 12.8 Å². The molecule has 5 nitrogen and oxygen atoms in total. The summed E-state index contributed by atoms with van der Waals surface area (Å²) in [6.45, 7) is 5.63. The molecular weight excluding hydrogens is 288 g/mol. The molecule has 1 aromatic carbocycles. The van der Waals surface area contributed by atoms with Crippen LogP contribution in [-0.4, -0.2) is 32.7 Å². The second kappa shape index (κ2) is 7.04. The summed E-state index contributed by atoms with van der Waals surface area (Å²) >= 11 is 0. The molecule has 0 aromatic heterocycles. The number of rotatable bonds is 6. The van der Waals surface area contributed by atoms with Gasteiger partial charge in [0.25, 0.3) is 0 Å². The molecule has 0 aliphatic rings. The van der Waals surface area contributed by atoms with E-state index in [1.165, 1.54) is 24.5 Å². The molecule has 21 heavy (non-hydrogen) atoms. The summed E-state index contributed by atoms with van der Waals surface area (Å²) in [5.74, 6) is -0.181. The van der Waals surface area contributed by atoms with Gasteiger partial charge in [-0.25, -0.2) is 12.7 Å². The highest BCUT2D eigenvalue weighted by Gasteiger charge is 2.21. The van der Waals surface area contributed by atoms with E-state index in [1.54, 1.807) is 19.1 Å². The van der Waals surface area contributed by atoms with Gasteiger partial charge in [0.15, 0.2) is 0 Å². The number of hydrogen-bond acceptors (Lipinski definition) is 3. The van der Waals surface area contributed by atoms with E-state index in [1.807, 2.05) is 13.8 Å². The Morgan fingerprint density at radius 1 is 1.33 bits per heavy atom. The first kappa shape index (κ1) is 17.7. The minimum absolute atomic E-state index is 0.0890. The smallest absolute Gasteiger partial charge is 0.242 e. The van der Waals surface area contributed by atoms with Crippen molar-refractivity contribution in [1.82, 2.24) is 4.31 Å². The molecule has 1 atom stereocenters. The Bertz CT molecular complexity index is 609. The van der Waals surface area contributed by atoms with E-state index in [2.05, 4.69) is 5.32 Å². The minimum Gasteiger partial charge on any atom is -0.326 e. The molecule has 0 heterocycles. The second-order valence-corrected chi connectivity index (χ2v) is 7.57. The van der Waals surface area contributed by atoms with Gasteiger partial charge in [-0.15, -0.1) is 0 Å². The number of amides is 1. The van der Waals surface area contributed by atoms with Crippen LogP contribution < -0.4 is 5.32 Å². The summed E-state index contributed by atoms with van der Waals surface area (Å²) in [6.07, 6.45) is 1.74. The minimum atomic E-state index is -3.51. The summed E-state index contributed by atoms with van der Waals surface area (Å²) in [7, 11) is -0.535. The zero-order chi connectivity index (χ0) is 16.2. The maximum Gasteiger partial charge on any atom is 0.242 e. The van der Waals surface area contributed by atoms with Crippen LogP contribution in [0.15, 0.2) is 23.1 Å². The fourth-order valence-corrected chi connectivity index (χ4v) is 3.13. The standard InChI is InChI=1S/C15H24N2O3S/c1-6-7-12(3)15(18)16-13-9-8-11(2)14(10-13)21(19,20)17(4)5/h8-10,12H,6-7H2,1-5H3,(H,16,18). The fourth-order valence-electron chi connectivity index (χ4n) is 1.98. The van der Waals surface area contributed by atoms with Gasteiger partial charge in [-0.05, 0) is 31.0 Å². The lowest BCUT2D eigenvalue weighted by molar-refractivity contribution is -0.119. The van der Waals surface area contributed by atoms with Crippen LogP contribution in [0.1, 0.15) is 32.3 Å². The molecule has 1 rings (SSSR count). The van der Waals surface area contributed by atoms with E-state index in [4.69, 9.17) is 0 Å². The lowest BCUT2D eigenvalue weighted by Crippen LogP contribution is -2.24. The largest absolute Gasteiger partial charge is 0.326 e. The predicted molar refractivity (Wildman–Crippen MR) is 84.8 cm³/mol. The molecule has 0 aliphatic heterocycles. The average molecular weight is 312 g/mol. The van der Waals surface area contributed by atoms with Gasteiger partial charge in [0, 0.05) is 25.7 Å². The fraction of sp³-hybridized carbons (Fsp3) is 0.533. The van der Waals surface area contributed by atoms with Crippen molar-refractivity contribution in [2.45, 2.75) is 38.5 Å². The number of nitrogens with zero attached hydrogens (tertiary/aromatic N) is 1. The topological polar surface area (TPSA) is 66.5 Å². The number of carbonyl (C=O) groups is 1. The first-order valence-corrected chi connectivity index (χ1v) is 8.48. The van der Waals surface area contributed by atoms with Crippen molar-refractivity contribution in [2.75, 3.05) is 19.4 Å². The van der Waals surface area contributed by atoms with Gasteiger partial charge in [-0.3, -0.25) is 4.79 Å². The number of anilines is 1. The zero-order valence-corrected chi connectivity index (χ0v) is 14.1. The van der Waals surface area contributed by atoms with Crippen LogP contribution in [0.25, 0.3) is 0 Å². The van der Waals surface area contributed by atoms with Crippen LogP contribution in [0.5, 0.6) is 0 Å². The molecule has 1 amide bonds.